The van der Waals surface area contributed by atoms with Crippen LogP contribution in [0.15, 0.2) is 11.2 Å². The zero-order valence-electron chi connectivity index (χ0n) is 10.6. The number of alkyl halides is 1. The van der Waals surface area contributed by atoms with Crippen LogP contribution in [0.4, 0.5) is 0 Å². The molecule has 1 saturated carbocycles. The standard InChI is InChI=1S/C11H17BrClN3O2S/c1-16-11(10(13)7-14-16)19(17,18)15-6-9-4-2-3-8(9)5-12/h7-9,15H,2-6H2,1H3. The van der Waals surface area contributed by atoms with E-state index in [1.165, 1.54) is 10.9 Å². The zero-order valence-corrected chi connectivity index (χ0v) is 13.8. The van der Waals surface area contributed by atoms with Gasteiger partial charge in [0.1, 0.15) is 0 Å². The molecule has 0 aromatic carbocycles. The summed E-state index contributed by atoms with van der Waals surface area (Å²) in [4.78, 5) is 0. The number of sulfonamides is 1. The largest absolute Gasteiger partial charge is 0.259 e. The Morgan fingerprint density at radius 3 is 2.79 bits per heavy atom. The summed E-state index contributed by atoms with van der Waals surface area (Å²) in [7, 11) is -2.03. The third kappa shape index (κ3) is 3.32. The maximum absolute atomic E-state index is 12.2. The second kappa shape index (κ2) is 6.11. The van der Waals surface area contributed by atoms with E-state index >= 15 is 0 Å². The number of hydrogen-bond donors (Lipinski definition) is 1. The molecule has 0 amide bonds. The minimum Gasteiger partial charge on any atom is -0.255 e. The van der Waals surface area contributed by atoms with Crippen LogP contribution in [-0.4, -0.2) is 30.1 Å². The van der Waals surface area contributed by atoms with Gasteiger partial charge in [-0.2, -0.15) is 5.10 Å². The Morgan fingerprint density at radius 1 is 1.53 bits per heavy atom. The summed E-state index contributed by atoms with van der Waals surface area (Å²) in [5.74, 6) is 0.936. The third-order valence-electron chi connectivity index (χ3n) is 3.65. The van der Waals surface area contributed by atoms with Gasteiger partial charge in [0.05, 0.1) is 11.2 Å². The van der Waals surface area contributed by atoms with Crippen molar-refractivity contribution in [2.45, 2.75) is 24.3 Å². The number of aryl methyl sites for hydroxylation is 1. The predicted octanol–water partition coefficient (Wildman–Crippen LogP) is 2.16. The van der Waals surface area contributed by atoms with E-state index in [0.717, 1.165) is 24.6 Å². The molecule has 2 atom stereocenters. The van der Waals surface area contributed by atoms with Crippen LogP contribution in [0.1, 0.15) is 19.3 Å². The van der Waals surface area contributed by atoms with Crippen LogP contribution in [0.25, 0.3) is 0 Å². The first-order valence-corrected chi connectivity index (χ1v) is 9.17. The number of halogens is 2. The van der Waals surface area contributed by atoms with E-state index < -0.39 is 10.0 Å². The number of hydrogen-bond acceptors (Lipinski definition) is 3. The first-order valence-electron chi connectivity index (χ1n) is 6.19. The maximum atomic E-state index is 12.2. The summed E-state index contributed by atoms with van der Waals surface area (Å²) in [5.41, 5.74) is 0. The zero-order chi connectivity index (χ0) is 14.0. The molecule has 0 spiro atoms. The molecule has 1 aromatic rings. The highest BCUT2D eigenvalue weighted by atomic mass is 79.9. The quantitative estimate of drug-likeness (QED) is 0.808. The lowest BCUT2D eigenvalue weighted by Crippen LogP contribution is -2.32. The van der Waals surface area contributed by atoms with Crippen LogP contribution in [-0.2, 0) is 17.1 Å². The van der Waals surface area contributed by atoms with Gasteiger partial charge in [0.25, 0.3) is 10.0 Å². The van der Waals surface area contributed by atoms with Crippen LogP contribution in [0.5, 0.6) is 0 Å². The molecule has 1 aromatic heterocycles. The molecule has 0 radical (unpaired) electrons. The van der Waals surface area contributed by atoms with Crippen LogP contribution < -0.4 is 4.72 Å². The third-order valence-corrected chi connectivity index (χ3v) is 6.41. The normalized spacial score (nSPS) is 23.9. The Morgan fingerprint density at radius 2 is 2.21 bits per heavy atom. The van der Waals surface area contributed by atoms with Crippen LogP contribution >= 0.6 is 27.5 Å². The molecule has 2 rings (SSSR count). The Kier molecular flexibility index (Phi) is 4.92. The summed E-state index contributed by atoms with van der Waals surface area (Å²) < 4.78 is 28.4. The molecule has 108 valence electrons. The van der Waals surface area contributed by atoms with Crippen molar-refractivity contribution in [2.24, 2.45) is 18.9 Å². The summed E-state index contributed by atoms with van der Waals surface area (Å²) in [5, 5.41) is 4.96. The highest BCUT2D eigenvalue weighted by molar-refractivity contribution is 9.09. The van der Waals surface area contributed by atoms with Gasteiger partial charge < -0.3 is 0 Å². The summed E-state index contributed by atoms with van der Waals surface area (Å²) in [6, 6.07) is 0. The number of rotatable bonds is 5. The van der Waals surface area contributed by atoms with Gasteiger partial charge in [-0.25, -0.2) is 13.1 Å². The average Bonchev–Trinajstić information content (AvgIpc) is 2.93. The summed E-state index contributed by atoms with van der Waals surface area (Å²) in [6.45, 7) is 0.458. The first kappa shape index (κ1) is 15.3. The topological polar surface area (TPSA) is 64.0 Å². The molecule has 8 heteroatoms. The second-order valence-electron chi connectivity index (χ2n) is 4.88. The van der Waals surface area contributed by atoms with Crippen LogP contribution in [0.2, 0.25) is 5.02 Å². The molecule has 1 aliphatic carbocycles. The van der Waals surface area contributed by atoms with Gasteiger partial charge in [-0.05, 0) is 24.7 Å². The van der Waals surface area contributed by atoms with Crippen molar-refractivity contribution in [3.8, 4) is 0 Å². The fourth-order valence-corrected chi connectivity index (χ4v) is 5.17. The van der Waals surface area contributed by atoms with Gasteiger partial charge >= 0.3 is 0 Å². The Balaban J connectivity index is 2.06. The molecule has 1 heterocycles. The highest BCUT2D eigenvalue weighted by Crippen LogP contribution is 2.32. The van der Waals surface area contributed by atoms with Crippen LogP contribution in [0.3, 0.4) is 0 Å². The minimum absolute atomic E-state index is 0.0301. The Hall–Kier alpha value is -0.110. The number of aromatic nitrogens is 2. The van der Waals surface area contributed by atoms with Crippen molar-refractivity contribution in [3.05, 3.63) is 11.2 Å². The molecular weight excluding hydrogens is 354 g/mol. The van der Waals surface area contributed by atoms with E-state index in [2.05, 4.69) is 25.8 Å². The van der Waals surface area contributed by atoms with Crippen molar-refractivity contribution in [2.75, 3.05) is 11.9 Å². The van der Waals surface area contributed by atoms with Gasteiger partial charge in [-0.15, -0.1) is 0 Å². The maximum Gasteiger partial charge on any atom is 0.259 e. The van der Waals surface area contributed by atoms with Gasteiger partial charge in [-0.1, -0.05) is 34.0 Å². The molecule has 1 fully saturated rings. The summed E-state index contributed by atoms with van der Waals surface area (Å²) >= 11 is 9.36. The molecule has 5 nitrogen and oxygen atoms in total. The average molecular weight is 371 g/mol. The molecule has 19 heavy (non-hydrogen) atoms. The lowest BCUT2D eigenvalue weighted by molar-refractivity contribution is 0.421. The second-order valence-corrected chi connectivity index (χ2v) is 7.62. The van der Waals surface area contributed by atoms with Crippen LogP contribution in [0, 0.1) is 11.8 Å². The first-order chi connectivity index (χ1) is 8.95. The van der Waals surface area contributed by atoms with Crippen molar-refractivity contribution in [1.82, 2.24) is 14.5 Å². The monoisotopic (exact) mass is 369 g/mol. The fourth-order valence-electron chi connectivity index (χ4n) is 2.57. The highest BCUT2D eigenvalue weighted by Gasteiger charge is 2.29. The molecule has 1 N–H and O–H groups in total. The number of nitrogens with zero attached hydrogens (tertiary/aromatic N) is 2. The number of nitrogens with one attached hydrogen (secondary N) is 1. The molecule has 1 aliphatic rings. The SMILES string of the molecule is Cn1ncc(Cl)c1S(=O)(=O)NCC1CCCC1CBr. The summed E-state index contributed by atoms with van der Waals surface area (Å²) in [6.07, 6.45) is 4.73. The van der Waals surface area contributed by atoms with Crippen molar-refractivity contribution in [3.63, 3.8) is 0 Å². The molecule has 2 unspecified atom stereocenters. The van der Waals surface area contributed by atoms with E-state index in [4.69, 9.17) is 11.6 Å². The van der Waals surface area contributed by atoms with E-state index in [1.54, 1.807) is 7.05 Å². The van der Waals surface area contributed by atoms with E-state index in [1.807, 2.05) is 0 Å². The molecule has 0 aliphatic heterocycles. The van der Waals surface area contributed by atoms with Gasteiger partial charge in [-0.3, -0.25) is 4.68 Å². The lowest BCUT2D eigenvalue weighted by atomic mass is 9.99. The smallest absolute Gasteiger partial charge is 0.255 e. The van der Waals surface area contributed by atoms with Crippen molar-refractivity contribution in [1.29, 1.82) is 0 Å². The van der Waals surface area contributed by atoms with E-state index in [0.29, 0.717) is 18.4 Å². The van der Waals surface area contributed by atoms with Gasteiger partial charge in [0, 0.05) is 18.9 Å². The molecule has 0 saturated heterocycles. The van der Waals surface area contributed by atoms with Crippen molar-refractivity contribution < 1.29 is 8.42 Å². The molecule has 0 bridgehead atoms. The van der Waals surface area contributed by atoms with E-state index in [-0.39, 0.29) is 10.0 Å². The van der Waals surface area contributed by atoms with Gasteiger partial charge in [0.15, 0.2) is 5.03 Å². The Bertz CT molecular complexity index is 527. The van der Waals surface area contributed by atoms with E-state index in [9.17, 15) is 8.42 Å². The fraction of sp³-hybridized carbons (Fsp3) is 0.727. The predicted molar refractivity (Wildman–Crippen MR) is 78.0 cm³/mol. The van der Waals surface area contributed by atoms with Gasteiger partial charge in [0.2, 0.25) is 0 Å². The van der Waals surface area contributed by atoms with Crippen molar-refractivity contribution >= 4 is 37.6 Å². The lowest BCUT2D eigenvalue weighted by Gasteiger charge is -2.17. The Labute approximate surface area is 126 Å². The molecular formula is C11H17BrClN3O2S. The minimum atomic E-state index is -3.59.